The summed E-state index contributed by atoms with van der Waals surface area (Å²) in [6, 6.07) is 0. The average Bonchev–Trinajstić information content (AvgIpc) is 1.59. The molecule has 0 heterocycles. The summed E-state index contributed by atoms with van der Waals surface area (Å²) in [7, 11) is -4.52. The highest BCUT2D eigenvalue weighted by Crippen LogP contribution is 2.05. The van der Waals surface area contributed by atoms with Crippen molar-refractivity contribution in [2.45, 2.75) is 0 Å². The lowest BCUT2D eigenvalue weighted by atomic mass is 10.8. The lowest BCUT2D eigenvalue weighted by Gasteiger charge is -1.92. The van der Waals surface area contributed by atoms with Crippen LogP contribution < -0.4 is 0 Å². The van der Waals surface area contributed by atoms with Crippen molar-refractivity contribution in [1.29, 1.82) is 0 Å². The molecule has 0 fully saturated rings. The Morgan fingerprint density at radius 3 is 2.40 bits per heavy atom. The van der Waals surface area contributed by atoms with Gasteiger partial charge in [-0.2, -0.15) is 12.0 Å². The van der Waals surface area contributed by atoms with Gasteiger partial charge in [-0.05, 0) is 0 Å². The first-order valence-electron chi connectivity index (χ1n) is 1.92. The van der Waals surface area contributed by atoms with Gasteiger partial charge in [-0.25, -0.2) is 0 Å². The number of hydrogen-bond donors (Lipinski definition) is 2. The Balaban J connectivity index is 3.49. The van der Waals surface area contributed by atoms with Gasteiger partial charge in [0.05, 0.1) is 0 Å². The fraction of sp³-hybridized carbons (Fsp3) is 0.500. The molecule has 0 aliphatic heterocycles. The van der Waals surface area contributed by atoms with Gasteiger partial charge in [0.1, 0.15) is 5.75 Å². The van der Waals surface area contributed by atoms with E-state index >= 15 is 0 Å². The number of aliphatic carboxylic acids is 1. The molecule has 0 rings (SSSR count). The molecule has 60 valence electrons. The fourth-order valence-corrected chi connectivity index (χ4v) is 0.915. The monoisotopic (exact) mass is 188 g/mol. The molecule has 0 bridgehead atoms. The Labute approximate surface area is 61.3 Å². The van der Waals surface area contributed by atoms with Crippen LogP contribution in [0.15, 0.2) is 0 Å². The summed E-state index contributed by atoms with van der Waals surface area (Å²) < 4.78 is 30.9. The third kappa shape index (κ3) is 7.69. The Morgan fingerprint density at radius 2 is 2.10 bits per heavy atom. The van der Waals surface area contributed by atoms with Crippen LogP contribution in [0, 0.1) is 0 Å². The van der Waals surface area contributed by atoms with Crippen molar-refractivity contribution >= 4 is 28.4 Å². The SMILES string of the molecule is O=C(O)CSOS(=O)(=O)O. The minimum atomic E-state index is -4.52. The molecule has 0 aromatic carbocycles. The highest BCUT2D eigenvalue weighted by Gasteiger charge is 2.06. The summed E-state index contributed by atoms with van der Waals surface area (Å²) in [6.07, 6.45) is 0. The summed E-state index contributed by atoms with van der Waals surface area (Å²) >= 11 is 0.131. The molecule has 0 aliphatic carbocycles. The maximum Gasteiger partial charge on any atom is 0.408 e. The van der Waals surface area contributed by atoms with E-state index in [0.29, 0.717) is 0 Å². The predicted octanol–water partition coefficient (Wildman–Crippen LogP) is -0.461. The molecule has 8 heteroatoms. The summed E-state index contributed by atoms with van der Waals surface area (Å²) in [6.45, 7) is 0. The van der Waals surface area contributed by atoms with Crippen LogP contribution in [0.25, 0.3) is 0 Å². The molecular weight excluding hydrogens is 184 g/mol. The van der Waals surface area contributed by atoms with Gasteiger partial charge in [-0.15, -0.1) is 0 Å². The molecule has 0 aromatic rings. The van der Waals surface area contributed by atoms with E-state index in [1.165, 1.54) is 0 Å². The van der Waals surface area contributed by atoms with Crippen LogP contribution in [-0.4, -0.2) is 29.8 Å². The van der Waals surface area contributed by atoms with Crippen LogP contribution in [0.3, 0.4) is 0 Å². The molecule has 0 radical (unpaired) electrons. The number of rotatable bonds is 4. The van der Waals surface area contributed by atoms with E-state index in [4.69, 9.17) is 9.66 Å². The maximum atomic E-state index is 9.73. The minimum absolute atomic E-state index is 0.131. The second-order valence-electron chi connectivity index (χ2n) is 1.15. The summed E-state index contributed by atoms with van der Waals surface area (Å²) in [5.41, 5.74) is 0. The highest BCUT2D eigenvalue weighted by atomic mass is 32.3. The van der Waals surface area contributed by atoms with Crippen molar-refractivity contribution in [3.8, 4) is 0 Å². The zero-order chi connectivity index (χ0) is 8.20. The third-order valence-corrected chi connectivity index (χ3v) is 1.75. The zero-order valence-corrected chi connectivity index (χ0v) is 6.18. The Hall–Kier alpha value is -0.310. The Bertz CT molecular complexity index is 204. The molecule has 0 aliphatic rings. The van der Waals surface area contributed by atoms with Gasteiger partial charge in [0, 0.05) is 12.0 Å². The molecule has 0 saturated heterocycles. The molecule has 2 N–H and O–H groups in total. The molecule has 0 amide bonds. The van der Waals surface area contributed by atoms with Gasteiger partial charge >= 0.3 is 16.4 Å². The second-order valence-corrected chi connectivity index (χ2v) is 3.08. The summed E-state index contributed by atoms with van der Waals surface area (Å²) in [5, 5.41) is 7.93. The molecular formula is C2H4O6S2. The van der Waals surface area contributed by atoms with E-state index in [-0.39, 0.29) is 12.0 Å². The smallest absolute Gasteiger partial charge is 0.408 e. The zero-order valence-electron chi connectivity index (χ0n) is 4.55. The quantitative estimate of drug-likeness (QED) is 0.454. The molecule has 0 atom stereocenters. The molecule has 10 heavy (non-hydrogen) atoms. The Morgan fingerprint density at radius 1 is 1.60 bits per heavy atom. The van der Waals surface area contributed by atoms with Gasteiger partial charge in [-0.3, -0.25) is 9.35 Å². The van der Waals surface area contributed by atoms with Crippen molar-refractivity contribution in [3.05, 3.63) is 0 Å². The molecule has 0 spiro atoms. The topological polar surface area (TPSA) is 101 Å². The molecule has 0 unspecified atom stereocenters. The van der Waals surface area contributed by atoms with Gasteiger partial charge < -0.3 is 5.11 Å². The molecule has 6 nitrogen and oxygen atoms in total. The molecule has 0 aromatic heterocycles. The normalized spacial score (nSPS) is 11.3. The van der Waals surface area contributed by atoms with E-state index in [1.807, 2.05) is 0 Å². The van der Waals surface area contributed by atoms with Crippen LogP contribution in [0.5, 0.6) is 0 Å². The lowest BCUT2D eigenvalue weighted by molar-refractivity contribution is -0.133. The van der Waals surface area contributed by atoms with Crippen molar-refractivity contribution in [3.63, 3.8) is 0 Å². The number of carbonyl (C=O) groups is 1. The summed E-state index contributed by atoms with van der Waals surface area (Å²) in [5.74, 6) is -1.77. The van der Waals surface area contributed by atoms with E-state index in [1.54, 1.807) is 0 Å². The van der Waals surface area contributed by atoms with Crippen LogP contribution in [-0.2, 0) is 18.8 Å². The first kappa shape index (κ1) is 9.69. The van der Waals surface area contributed by atoms with Crippen LogP contribution >= 0.6 is 12.0 Å². The van der Waals surface area contributed by atoms with Gasteiger partial charge in [0.25, 0.3) is 0 Å². The van der Waals surface area contributed by atoms with Crippen molar-refractivity contribution in [2.24, 2.45) is 0 Å². The largest absolute Gasteiger partial charge is 0.481 e. The van der Waals surface area contributed by atoms with E-state index < -0.39 is 22.1 Å². The number of carboxylic acids is 1. The number of hydrogen-bond acceptors (Lipinski definition) is 5. The van der Waals surface area contributed by atoms with E-state index in [9.17, 15) is 13.2 Å². The first-order chi connectivity index (χ1) is 4.42. The molecule has 0 saturated carbocycles. The fourth-order valence-electron chi connectivity index (χ4n) is 0.135. The van der Waals surface area contributed by atoms with E-state index in [0.717, 1.165) is 0 Å². The Kier molecular flexibility index (Phi) is 3.64. The van der Waals surface area contributed by atoms with Gasteiger partial charge in [0.15, 0.2) is 0 Å². The van der Waals surface area contributed by atoms with Gasteiger partial charge in [0.2, 0.25) is 0 Å². The van der Waals surface area contributed by atoms with E-state index in [2.05, 4.69) is 3.63 Å². The van der Waals surface area contributed by atoms with Gasteiger partial charge in [-0.1, -0.05) is 0 Å². The number of carboxylic acid groups (broad SMARTS) is 1. The standard InChI is InChI=1S/C2H4O6S2/c3-2(4)1-9-8-10(5,6)7/h1H2,(H,3,4)(H,5,6,7). The predicted molar refractivity (Wildman–Crippen MR) is 32.7 cm³/mol. The second kappa shape index (κ2) is 3.76. The average molecular weight is 188 g/mol. The first-order valence-corrected chi connectivity index (χ1v) is 4.20. The van der Waals surface area contributed by atoms with Crippen molar-refractivity contribution in [1.82, 2.24) is 0 Å². The van der Waals surface area contributed by atoms with Crippen LogP contribution in [0.4, 0.5) is 0 Å². The highest BCUT2D eigenvalue weighted by molar-refractivity contribution is 8.03. The van der Waals surface area contributed by atoms with Crippen LogP contribution in [0.1, 0.15) is 0 Å². The lowest BCUT2D eigenvalue weighted by Crippen LogP contribution is -2.02. The van der Waals surface area contributed by atoms with Crippen molar-refractivity contribution < 1.29 is 26.5 Å². The van der Waals surface area contributed by atoms with Crippen molar-refractivity contribution in [2.75, 3.05) is 5.75 Å². The maximum absolute atomic E-state index is 9.73. The summed E-state index contributed by atoms with van der Waals surface area (Å²) in [4.78, 5) is 9.71. The third-order valence-electron chi connectivity index (χ3n) is 0.316. The minimum Gasteiger partial charge on any atom is -0.481 e. The van der Waals surface area contributed by atoms with Crippen LogP contribution in [0.2, 0.25) is 0 Å².